The van der Waals surface area contributed by atoms with Crippen molar-refractivity contribution < 1.29 is 0 Å². The average Bonchev–Trinajstić information content (AvgIpc) is 3.29. The van der Waals surface area contributed by atoms with Gasteiger partial charge in [0.05, 0.1) is 5.69 Å². The highest BCUT2D eigenvalue weighted by molar-refractivity contribution is 5.95. The second-order valence-corrected chi connectivity index (χ2v) is 16.4. The van der Waals surface area contributed by atoms with Crippen molar-refractivity contribution in [3.8, 4) is 22.3 Å². The van der Waals surface area contributed by atoms with E-state index in [4.69, 9.17) is 0 Å². The van der Waals surface area contributed by atoms with E-state index in [1.54, 1.807) is 0 Å². The molecule has 3 aliphatic carbocycles. The Bertz CT molecular complexity index is 2020. The van der Waals surface area contributed by atoms with E-state index < -0.39 is 0 Å². The molecule has 0 saturated carbocycles. The SMILES string of the molecule is Cc1cc2c(cc1N(c1ccccc1)c1cc3c(cc1-c1ccc4c(c1)C(C)(C)CCC4(C)C)-c1ccccc1C3(C)C)CCCC2. The van der Waals surface area contributed by atoms with Crippen molar-refractivity contribution in [2.45, 2.75) is 103 Å². The fourth-order valence-corrected chi connectivity index (χ4v) is 9.03. The smallest absolute Gasteiger partial charge is 0.0543 e. The summed E-state index contributed by atoms with van der Waals surface area (Å²) in [6, 6.07) is 37.7. The van der Waals surface area contributed by atoms with Crippen LogP contribution in [-0.4, -0.2) is 0 Å². The molecule has 3 aliphatic rings. The van der Waals surface area contributed by atoms with Crippen molar-refractivity contribution >= 4 is 17.1 Å². The number of rotatable bonds is 4. The molecule has 0 fully saturated rings. The lowest BCUT2D eigenvalue weighted by Gasteiger charge is -2.42. The molecule has 0 amide bonds. The molecule has 0 spiro atoms. The predicted octanol–water partition coefficient (Wildman–Crippen LogP) is 12.7. The number of hydrogen-bond acceptors (Lipinski definition) is 1. The van der Waals surface area contributed by atoms with Crippen LogP contribution in [0.1, 0.15) is 106 Å². The Hall–Kier alpha value is -4.10. The summed E-state index contributed by atoms with van der Waals surface area (Å²) in [7, 11) is 0. The third-order valence-electron chi connectivity index (χ3n) is 12.0. The average molecular weight is 616 g/mol. The molecule has 0 radical (unpaired) electrons. The molecule has 5 aromatic carbocycles. The lowest BCUT2D eigenvalue weighted by atomic mass is 9.63. The van der Waals surface area contributed by atoms with Crippen LogP contribution in [0.4, 0.5) is 17.1 Å². The van der Waals surface area contributed by atoms with Gasteiger partial charge < -0.3 is 4.90 Å². The number of fused-ring (bicyclic) bond motifs is 5. The van der Waals surface area contributed by atoms with E-state index in [2.05, 4.69) is 150 Å². The van der Waals surface area contributed by atoms with Crippen LogP contribution in [0.2, 0.25) is 0 Å². The van der Waals surface area contributed by atoms with Gasteiger partial charge in [-0.15, -0.1) is 0 Å². The minimum atomic E-state index is -0.0890. The van der Waals surface area contributed by atoms with Crippen LogP contribution in [0.5, 0.6) is 0 Å². The summed E-state index contributed by atoms with van der Waals surface area (Å²) in [5, 5.41) is 0. The molecule has 0 aromatic heterocycles. The zero-order valence-electron chi connectivity index (χ0n) is 29.4. The molecule has 0 N–H and O–H groups in total. The van der Waals surface area contributed by atoms with Gasteiger partial charge >= 0.3 is 0 Å². The van der Waals surface area contributed by atoms with E-state index in [9.17, 15) is 0 Å². The molecule has 5 aromatic rings. The molecular formula is C46H49N. The Labute approximate surface area is 282 Å². The molecule has 0 heterocycles. The van der Waals surface area contributed by atoms with Gasteiger partial charge in [0.25, 0.3) is 0 Å². The van der Waals surface area contributed by atoms with Gasteiger partial charge in [-0.2, -0.15) is 0 Å². The van der Waals surface area contributed by atoms with Gasteiger partial charge in [0, 0.05) is 22.4 Å². The second kappa shape index (κ2) is 10.7. The molecule has 238 valence electrons. The number of anilines is 3. The highest BCUT2D eigenvalue weighted by Gasteiger charge is 2.39. The standard InChI is InChI=1S/C46H49N/c1-30-25-31-15-11-12-16-32(31)27-42(30)47(34-17-9-8-10-18-34)43-29-40-37(35-19-13-14-20-38(35)46(40,6)7)28-36(43)33-21-22-39-41(26-33)45(4,5)24-23-44(39,2)3/h8-10,13-14,17-22,25-29H,11-12,15-16,23-24H2,1-7H3. The Morgan fingerprint density at radius 1 is 0.511 bits per heavy atom. The van der Waals surface area contributed by atoms with E-state index in [0.717, 1.165) is 0 Å². The summed E-state index contributed by atoms with van der Waals surface area (Å²) in [6.45, 7) is 16.9. The van der Waals surface area contributed by atoms with Crippen LogP contribution in [0.3, 0.4) is 0 Å². The van der Waals surface area contributed by atoms with E-state index in [0.29, 0.717) is 0 Å². The number of benzene rings is 5. The summed E-state index contributed by atoms with van der Waals surface area (Å²) in [5.41, 5.74) is 19.6. The fraction of sp³-hybridized carbons (Fsp3) is 0.348. The summed E-state index contributed by atoms with van der Waals surface area (Å²) in [6.07, 6.45) is 7.37. The molecule has 8 rings (SSSR count). The lowest BCUT2D eigenvalue weighted by Crippen LogP contribution is -2.33. The van der Waals surface area contributed by atoms with Crippen LogP contribution < -0.4 is 4.90 Å². The van der Waals surface area contributed by atoms with Gasteiger partial charge in [-0.3, -0.25) is 0 Å². The summed E-state index contributed by atoms with van der Waals surface area (Å²) >= 11 is 0. The summed E-state index contributed by atoms with van der Waals surface area (Å²) in [5.74, 6) is 0. The van der Waals surface area contributed by atoms with E-state index in [1.807, 2.05) is 0 Å². The van der Waals surface area contributed by atoms with Crippen LogP contribution in [-0.2, 0) is 29.1 Å². The Balaban J connectivity index is 1.44. The quantitative estimate of drug-likeness (QED) is 0.194. The van der Waals surface area contributed by atoms with Crippen LogP contribution >= 0.6 is 0 Å². The molecule has 1 nitrogen and oxygen atoms in total. The van der Waals surface area contributed by atoms with Crippen LogP contribution in [0.25, 0.3) is 22.3 Å². The largest absolute Gasteiger partial charge is 0.310 e. The van der Waals surface area contributed by atoms with Gasteiger partial charge in [0.15, 0.2) is 0 Å². The zero-order chi connectivity index (χ0) is 32.7. The van der Waals surface area contributed by atoms with Crippen molar-refractivity contribution in [3.63, 3.8) is 0 Å². The molecular weight excluding hydrogens is 567 g/mol. The molecule has 0 atom stereocenters. The topological polar surface area (TPSA) is 3.24 Å². The maximum atomic E-state index is 2.58. The van der Waals surface area contributed by atoms with E-state index >= 15 is 0 Å². The number of aryl methyl sites for hydroxylation is 3. The van der Waals surface area contributed by atoms with Crippen molar-refractivity contribution in [1.29, 1.82) is 0 Å². The number of nitrogens with zero attached hydrogens (tertiary/aromatic N) is 1. The molecule has 0 unspecified atom stereocenters. The maximum absolute atomic E-state index is 2.58. The van der Waals surface area contributed by atoms with Crippen LogP contribution in [0, 0.1) is 6.92 Å². The van der Waals surface area contributed by atoms with Crippen molar-refractivity contribution in [3.05, 3.63) is 136 Å². The second-order valence-electron chi connectivity index (χ2n) is 16.4. The van der Waals surface area contributed by atoms with Crippen LogP contribution in [0.15, 0.2) is 97.1 Å². The van der Waals surface area contributed by atoms with E-state index in [-0.39, 0.29) is 16.2 Å². The zero-order valence-corrected chi connectivity index (χ0v) is 29.4. The van der Waals surface area contributed by atoms with Gasteiger partial charge in [-0.05, 0) is 142 Å². The monoisotopic (exact) mass is 615 g/mol. The highest BCUT2D eigenvalue weighted by Crippen LogP contribution is 2.55. The fourth-order valence-electron chi connectivity index (χ4n) is 9.03. The summed E-state index contributed by atoms with van der Waals surface area (Å²) in [4.78, 5) is 2.58. The van der Waals surface area contributed by atoms with Gasteiger partial charge in [0.1, 0.15) is 0 Å². The minimum Gasteiger partial charge on any atom is -0.310 e. The maximum Gasteiger partial charge on any atom is 0.0543 e. The minimum absolute atomic E-state index is 0.0890. The first kappa shape index (κ1) is 30.2. The molecule has 0 bridgehead atoms. The summed E-state index contributed by atoms with van der Waals surface area (Å²) < 4.78 is 0. The Morgan fingerprint density at radius 2 is 1.17 bits per heavy atom. The van der Waals surface area contributed by atoms with Gasteiger partial charge in [-0.1, -0.05) is 108 Å². The Morgan fingerprint density at radius 3 is 1.91 bits per heavy atom. The Kier molecular flexibility index (Phi) is 6.89. The normalized spacial score (nSPS) is 18.1. The number of para-hydroxylation sites is 1. The molecule has 1 heteroatoms. The highest BCUT2D eigenvalue weighted by atomic mass is 15.1. The third-order valence-corrected chi connectivity index (χ3v) is 12.0. The van der Waals surface area contributed by atoms with E-state index in [1.165, 1.54) is 117 Å². The first-order valence-corrected chi connectivity index (χ1v) is 17.9. The number of hydrogen-bond donors (Lipinski definition) is 0. The lowest BCUT2D eigenvalue weighted by molar-refractivity contribution is 0.332. The van der Waals surface area contributed by atoms with Crippen molar-refractivity contribution in [2.24, 2.45) is 0 Å². The van der Waals surface area contributed by atoms with Crippen molar-refractivity contribution in [1.82, 2.24) is 0 Å². The molecule has 0 saturated heterocycles. The van der Waals surface area contributed by atoms with Gasteiger partial charge in [-0.25, -0.2) is 0 Å². The van der Waals surface area contributed by atoms with Crippen molar-refractivity contribution in [2.75, 3.05) is 4.90 Å². The molecule has 0 aliphatic heterocycles. The first-order valence-electron chi connectivity index (χ1n) is 17.9. The van der Waals surface area contributed by atoms with Gasteiger partial charge in [0.2, 0.25) is 0 Å². The first-order chi connectivity index (χ1) is 22.5. The predicted molar refractivity (Wildman–Crippen MR) is 201 cm³/mol. The third kappa shape index (κ3) is 4.80. The molecule has 47 heavy (non-hydrogen) atoms.